The number of halogens is 1. The molecular weight excluding hydrogens is 346 g/mol. The van der Waals surface area contributed by atoms with Gasteiger partial charge in [-0.2, -0.15) is 0 Å². The van der Waals surface area contributed by atoms with Gasteiger partial charge in [-0.1, -0.05) is 11.6 Å². The van der Waals surface area contributed by atoms with Crippen LogP contribution in [0.4, 0.5) is 11.4 Å². The van der Waals surface area contributed by atoms with E-state index in [9.17, 15) is 14.9 Å². The molecule has 1 saturated heterocycles. The van der Waals surface area contributed by atoms with Gasteiger partial charge in [-0.05, 0) is 24.3 Å². The number of carbonyl (C=O) groups excluding carboxylic acids is 1. The summed E-state index contributed by atoms with van der Waals surface area (Å²) in [4.78, 5) is 26.8. The van der Waals surface area contributed by atoms with E-state index in [1.807, 2.05) is 11.0 Å². The Morgan fingerprint density at radius 1 is 1.24 bits per heavy atom. The van der Waals surface area contributed by atoms with Crippen LogP contribution in [0.1, 0.15) is 12.2 Å². The van der Waals surface area contributed by atoms with Gasteiger partial charge in [0.15, 0.2) is 0 Å². The number of amides is 1. The molecule has 0 bridgehead atoms. The number of hydrogen-bond acceptors (Lipinski definition) is 5. The van der Waals surface area contributed by atoms with E-state index in [0.29, 0.717) is 49.7 Å². The molecule has 1 aromatic heterocycles. The molecule has 7 nitrogen and oxygen atoms in total. The monoisotopic (exact) mass is 363 g/mol. The molecule has 0 saturated carbocycles. The molecule has 0 aliphatic carbocycles. The number of nitro groups is 1. The van der Waals surface area contributed by atoms with Gasteiger partial charge in [-0.3, -0.25) is 14.9 Å². The van der Waals surface area contributed by atoms with Crippen molar-refractivity contribution in [3.8, 4) is 0 Å². The number of furan rings is 1. The highest BCUT2D eigenvalue weighted by atomic mass is 35.5. The lowest BCUT2D eigenvalue weighted by Gasteiger charge is -2.35. The Kier molecular flexibility index (Phi) is 5.23. The van der Waals surface area contributed by atoms with E-state index < -0.39 is 4.92 Å². The zero-order valence-electron chi connectivity index (χ0n) is 13.6. The first-order chi connectivity index (χ1) is 12.0. The van der Waals surface area contributed by atoms with Crippen LogP contribution in [-0.4, -0.2) is 41.9 Å². The highest BCUT2D eigenvalue weighted by Gasteiger charge is 2.25. The number of nitro benzene ring substituents is 1. The molecule has 0 N–H and O–H groups in total. The highest BCUT2D eigenvalue weighted by molar-refractivity contribution is 6.30. The molecule has 25 heavy (non-hydrogen) atoms. The second-order valence-corrected chi connectivity index (χ2v) is 6.27. The average Bonchev–Trinajstić information content (AvgIpc) is 3.13. The van der Waals surface area contributed by atoms with Gasteiger partial charge in [0, 0.05) is 50.1 Å². The van der Waals surface area contributed by atoms with Crippen molar-refractivity contribution in [1.29, 1.82) is 0 Å². The quantitative estimate of drug-likeness (QED) is 0.602. The first-order valence-corrected chi connectivity index (χ1v) is 8.41. The van der Waals surface area contributed by atoms with Gasteiger partial charge in [-0.15, -0.1) is 0 Å². The molecule has 2 heterocycles. The Balaban J connectivity index is 1.58. The van der Waals surface area contributed by atoms with E-state index in [-0.39, 0.29) is 11.6 Å². The lowest BCUT2D eigenvalue weighted by molar-refractivity contribution is -0.384. The van der Waals surface area contributed by atoms with Gasteiger partial charge < -0.3 is 14.2 Å². The Labute approximate surface area is 149 Å². The van der Waals surface area contributed by atoms with E-state index in [2.05, 4.69) is 0 Å². The third kappa shape index (κ3) is 4.11. The summed E-state index contributed by atoms with van der Waals surface area (Å²) in [5.74, 6) is 0.866. The Hall–Kier alpha value is -2.54. The fourth-order valence-corrected chi connectivity index (χ4v) is 3.12. The second-order valence-electron chi connectivity index (χ2n) is 5.84. The molecule has 1 aliphatic heterocycles. The third-order valence-electron chi connectivity index (χ3n) is 4.27. The first-order valence-electron chi connectivity index (χ1n) is 8.03. The summed E-state index contributed by atoms with van der Waals surface area (Å²) >= 11 is 5.86. The van der Waals surface area contributed by atoms with E-state index in [1.54, 1.807) is 29.4 Å². The third-order valence-corrected chi connectivity index (χ3v) is 4.51. The Morgan fingerprint density at radius 3 is 2.64 bits per heavy atom. The summed E-state index contributed by atoms with van der Waals surface area (Å²) in [6, 6.07) is 8.32. The Bertz CT molecular complexity index is 755. The zero-order valence-corrected chi connectivity index (χ0v) is 14.3. The predicted octanol–water partition coefficient (Wildman–Crippen LogP) is 3.12. The van der Waals surface area contributed by atoms with Crippen LogP contribution >= 0.6 is 11.6 Å². The van der Waals surface area contributed by atoms with Crippen molar-refractivity contribution in [3.05, 3.63) is 57.5 Å². The van der Waals surface area contributed by atoms with Crippen LogP contribution in [0.15, 0.2) is 41.0 Å². The maximum atomic E-state index is 12.3. The van der Waals surface area contributed by atoms with Crippen molar-refractivity contribution in [2.45, 2.75) is 12.8 Å². The number of piperazine rings is 1. The summed E-state index contributed by atoms with van der Waals surface area (Å²) in [6.07, 6.45) is 2.57. The van der Waals surface area contributed by atoms with Crippen LogP contribution < -0.4 is 4.90 Å². The summed E-state index contributed by atoms with van der Waals surface area (Å²) < 4.78 is 5.24. The molecule has 0 atom stereocenters. The first kappa shape index (κ1) is 17.3. The maximum Gasteiger partial charge on any atom is 0.294 e. The van der Waals surface area contributed by atoms with Crippen LogP contribution in [0.3, 0.4) is 0 Å². The molecular formula is C17H18ClN3O4. The van der Waals surface area contributed by atoms with Crippen LogP contribution in [0, 0.1) is 10.1 Å². The van der Waals surface area contributed by atoms with E-state index in [1.165, 1.54) is 6.07 Å². The van der Waals surface area contributed by atoms with Gasteiger partial charge in [0.05, 0.1) is 11.2 Å². The molecule has 132 valence electrons. The minimum absolute atomic E-state index is 0.00917. The molecule has 0 spiro atoms. The molecule has 3 rings (SSSR count). The SMILES string of the molecule is O=C(CCc1ccco1)N1CCN(c2ccc(Cl)cc2[N+](=O)[O-])CC1. The number of aryl methyl sites for hydroxylation is 1. The summed E-state index contributed by atoms with van der Waals surface area (Å²) in [6.45, 7) is 2.18. The van der Waals surface area contributed by atoms with Gasteiger partial charge in [0.25, 0.3) is 5.69 Å². The van der Waals surface area contributed by atoms with Gasteiger partial charge >= 0.3 is 0 Å². The van der Waals surface area contributed by atoms with Crippen molar-refractivity contribution in [3.63, 3.8) is 0 Å². The normalized spacial score (nSPS) is 14.6. The summed E-state index contributed by atoms with van der Waals surface area (Å²) in [5, 5.41) is 11.6. The van der Waals surface area contributed by atoms with E-state index in [4.69, 9.17) is 16.0 Å². The second kappa shape index (κ2) is 7.57. The molecule has 2 aromatic rings. The number of benzene rings is 1. The molecule has 8 heteroatoms. The summed E-state index contributed by atoms with van der Waals surface area (Å²) in [7, 11) is 0. The minimum Gasteiger partial charge on any atom is -0.469 e. The lowest BCUT2D eigenvalue weighted by atomic mass is 10.2. The molecule has 1 amide bonds. The number of rotatable bonds is 5. The molecule has 0 radical (unpaired) electrons. The van der Waals surface area contributed by atoms with Gasteiger partial charge in [0.2, 0.25) is 5.91 Å². The van der Waals surface area contributed by atoms with Crippen molar-refractivity contribution >= 4 is 28.9 Å². The molecule has 1 fully saturated rings. The zero-order chi connectivity index (χ0) is 17.8. The maximum absolute atomic E-state index is 12.3. The predicted molar refractivity (Wildman–Crippen MR) is 93.9 cm³/mol. The average molecular weight is 364 g/mol. The highest BCUT2D eigenvalue weighted by Crippen LogP contribution is 2.31. The molecule has 1 aliphatic rings. The summed E-state index contributed by atoms with van der Waals surface area (Å²) in [5.41, 5.74) is 0.530. The number of carbonyl (C=O) groups is 1. The number of nitrogens with zero attached hydrogens (tertiary/aromatic N) is 3. The van der Waals surface area contributed by atoms with E-state index in [0.717, 1.165) is 5.76 Å². The topological polar surface area (TPSA) is 79.8 Å². The largest absolute Gasteiger partial charge is 0.469 e. The number of hydrogen-bond donors (Lipinski definition) is 0. The van der Waals surface area contributed by atoms with Crippen LogP contribution in [0.25, 0.3) is 0 Å². The van der Waals surface area contributed by atoms with Crippen molar-refractivity contribution in [1.82, 2.24) is 4.90 Å². The fourth-order valence-electron chi connectivity index (χ4n) is 2.95. The van der Waals surface area contributed by atoms with E-state index >= 15 is 0 Å². The smallest absolute Gasteiger partial charge is 0.294 e. The van der Waals surface area contributed by atoms with Crippen LogP contribution in [0.5, 0.6) is 0 Å². The van der Waals surface area contributed by atoms with Crippen molar-refractivity contribution in [2.24, 2.45) is 0 Å². The van der Waals surface area contributed by atoms with Crippen LogP contribution in [-0.2, 0) is 11.2 Å². The van der Waals surface area contributed by atoms with Gasteiger partial charge in [0.1, 0.15) is 11.4 Å². The van der Waals surface area contributed by atoms with Gasteiger partial charge in [-0.25, -0.2) is 0 Å². The molecule has 0 unspecified atom stereocenters. The van der Waals surface area contributed by atoms with Crippen molar-refractivity contribution in [2.75, 3.05) is 31.1 Å². The lowest BCUT2D eigenvalue weighted by Crippen LogP contribution is -2.49. The van der Waals surface area contributed by atoms with Crippen LogP contribution in [0.2, 0.25) is 5.02 Å². The minimum atomic E-state index is -0.428. The molecule has 1 aromatic carbocycles. The number of anilines is 1. The van der Waals surface area contributed by atoms with Crippen molar-refractivity contribution < 1.29 is 14.1 Å². The Morgan fingerprint density at radius 2 is 2.00 bits per heavy atom. The standard InChI is InChI=1S/C17H18ClN3O4/c18-13-3-5-15(16(12-13)21(23)24)19-7-9-20(10-8-19)17(22)6-4-14-2-1-11-25-14/h1-3,5,11-12H,4,6-10H2. The fraction of sp³-hybridized carbons (Fsp3) is 0.353.